The van der Waals surface area contributed by atoms with E-state index in [0.717, 1.165) is 30.9 Å². The number of hydrogen-bond donors (Lipinski definition) is 1. The van der Waals surface area contributed by atoms with Crippen molar-refractivity contribution in [1.29, 1.82) is 0 Å². The van der Waals surface area contributed by atoms with Gasteiger partial charge in [-0.25, -0.2) is 4.98 Å². The van der Waals surface area contributed by atoms with Gasteiger partial charge in [-0.15, -0.1) is 0 Å². The highest BCUT2D eigenvalue weighted by molar-refractivity contribution is 5.48. The number of rotatable bonds is 6. The SMILES string of the molecule is Cc1cc([N+](=O)[O-])cnc1NCCCN1CCCC1. The largest absolute Gasteiger partial charge is 0.370 e. The summed E-state index contributed by atoms with van der Waals surface area (Å²) in [6.45, 7) is 6.23. The molecule has 104 valence electrons. The van der Waals surface area contributed by atoms with Crippen LogP contribution in [0.25, 0.3) is 0 Å². The van der Waals surface area contributed by atoms with Crippen molar-refractivity contribution in [2.75, 3.05) is 31.5 Å². The molecular formula is C13H20N4O2. The van der Waals surface area contributed by atoms with Crippen LogP contribution in [-0.4, -0.2) is 41.0 Å². The van der Waals surface area contributed by atoms with Gasteiger partial charge >= 0.3 is 0 Å². The van der Waals surface area contributed by atoms with Crippen LogP contribution < -0.4 is 5.32 Å². The minimum Gasteiger partial charge on any atom is -0.370 e. The molecule has 2 heterocycles. The summed E-state index contributed by atoms with van der Waals surface area (Å²) in [5.74, 6) is 0.743. The zero-order valence-corrected chi connectivity index (χ0v) is 11.3. The van der Waals surface area contributed by atoms with Crippen LogP contribution in [0.2, 0.25) is 0 Å². The summed E-state index contributed by atoms with van der Waals surface area (Å²) in [4.78, 5) is 16.8. The Balaban J connectivity index is 1.77. The Bertz CT molecular complexity index is 444. The lowest BCUT2D eigenvalue weighted by Gasteiger charge is -2.14. The van der Waals surface area contributed by atoms with Gasteiger partial charge < -0.3 is 10.2 Å². The van der Waals surface area contributed by atoms with Crippen molar-refractivity contribution in [2.24, 2.45) is 0 Å². The summed E-state index contributed by atoms with van der Waals surface area (Å²) >= 11 is 0. The highest BCUT2D eigenvalue weighted by Gasteiger charge is 2.11. The maximum atomic E-state index is 10.6. The molecule has 0 amide bonds. The third kappa shape index (κ3) is 3.89. The zero-order chi connectivity index (χ0) is 13.7. The Morgan fingerprint density at radius 3 is 2.84 bits per heavy atom. The normalized spacial score (nSPS) is 15.6. The third-order valence-corrected chi connectivity index (χ3v) is 3.42. The van der Waals surface area contributed by atoms with Crippen molar-refractivity contribution < 1.29 is 4.92 Å². The number of anilines is 1. The van der Waals surface area contributed by atoms with Crippen molar-refractivity contribution >= 4 is 11.5 Å². The fraction of sp³-hybridized carbons (Fsp3) is 0.615. The summed E-state index contributed by atoms with van der Waals surface area (Å²) < 4.78 is 0. The molecule has 1 aliphatic rings. The van der Waals surface area contributed by atoms with Crippen LogP contribution in [0, 0.1) is 17.0 Å². The highest BCUT2D eigenvalue weighted by atomic mass is 16.6. The smallest absolute Gasteiger partial charge is 0.287 e. The zero-order valence-electron chi connectivity index (χ0n) is 11.3. The van der Waals surface area contributed by atoms with E-state index < -0.39 is 4.92 Å². The van der Waals surface area contributed by atoms with E-state index in [4.69, 9.17) is 0 Å². The van der Waals surface area contributed by atoms with Crippen LogP contribution in [0.15, 0.2) is 12.3 Å². The molecule has 0 aliphatic carbocycles. The van der Waals surface area contributed by atoms with E-state index in [0.29, 0.717) is 0 Å². The molecule has 1 aromatic rings. The quantitative estimate of drug-likeness (QED) is 0.484. The van der Waals surface area contributed by atoms with Crippen LogP contribution in [0.3, 0.4) is 0 Å². The number of hydrogen-bond acceptors (Lipinski definition) is 5. The van der Waals surface area contributed by atoms with Crippen molar-refractivity contribution in [1.82, 2.24) is 9.88 Å². The van der Waals surface area contributed by atoms with E-state index in [-0.39, 0.29) is 5.69 Å². The van der Waals surface area contributed by atoms with E-state index in [9.17, 15) is 10.1 Å². The van der Waals surface area contributed by atoms with Gasteiger partial charge in [-0.3, -0.25) is 10.1 Å². The molecule has 0 spiro atoms. The molecule has 0 saturated carbocycles. The predicted octanol–water partition coefficient (Wildman–Crippen LogP) is 2.20. The Labute approximate surface area is 113 Å². The number of nitrogens with one attached hydrogen (secondary N) is 1. The van der Waals surface area contributed by atoms with Gasteiger partial charge in [0.15, 0.2) is 0 Å². The van der Waals surface area contributed by atoms with E-state index in [2.05, 4.69) is 15.2 Å². The van der Waals surface area contributed by atoms with Crippen molar-refractivity contribution in [3.8, 4) is 0 Å². The number of nitrogens with zero attached hydrogens (tertiary/aromatic N) is 3. The lowest BCUT2D eigenvalue weighted by Crippen LogP contribution is -2.22. The average Bonchev–Trinajstić information content (AvgIpc) is 2.89. The fourth-order valence-corrected chi connectivity index (χ4v) is 2.36. The van der Waals surface area contributed by atoms with Gasteiger partial charge in [0.1, 0.15) is 12.0 Å². The lowest BCUT2D eigenvalue weighted by molar-refractivity contribution is -0.385. The van der Waals surface area contributed by atoms with Gasteiger partial charge in [0.2, 0.25) is 0 Å². The average molecular weight is 264 g/mol. The first-order chi connectivity index (χ1) is 9.16. The second kappa shape index (κ2) is 6.47. The first kappa shape index (κ1) is 13.7. The second-order valence-corrected chi connectivity index (χ2v) is 4.95. The van der Waals surface area contributed by atoms with Gasteiger partial charge in [0, 0.05) is 12.6 Å². The topological polar surface area (TPSA) is 71.3 Å². The number of aromatic nitrogens is 1. The molecule has 1 fully saturated rings. The third-order valence-electron chi connectivity index (χ3n) is 3.42. The van der Waals surface area contributed by atoms with Crippen LogP contribution >= 0.6 is 0 Å². The lowest BCUT2D eigenvalue weighted by atomic mass is 10.2. The minimum atomic E-state index is -0.419. The van der Waals surface area contributed by atoms with E-state index in [1.807, 2.05) is 6.92 Å². The maximum absolute atomic E-state index is 10.6. The standard InChI is InChI=1S/C13H20N4O2/c1-11-9-12(17(18)19)10-15-13(11)14-5-4-8-16-6-2-3-7-16/h9-10H,2-8H2,1H3,(H,14,15). The van der Waals surface area contributed by atoms with Gasteiger partial charge in [0.25, 0.3) is 5.69 Å². The Morgan fingerprint density at radius 1 is 1.47 bits per heavy atom. The molecule has 0 unspecified atom stereocenters. The molecule has 1 aromatic heterocycles. The Kier molecular flexibility index (Phi) is 4.68. The molecule has 1 N–H and O–H groups in total. The van der Waals surface area contributed by atoms with E-state index >= 15 is 0 Å². The molecule has 2 rings (SSSR count). The minimum absolute atomic E-state index is 0.0418. The van der Waals surface area contributed by atoms with E-state index in [1.165, 1.54) is 32.1 Å². The molecule has 19 heavy (non-hydrogen) atoms. The van der Waals surface area contributed by atoms with Gasteiger partial charge in [-0.1, -0.05) is 0 Å². The second-order valence-electron chi connectivity index (χ2n) is 4.95. The molecule has 0 bridgehead atoms. The molecule has 6 nitrogen and oxygen atoms in total. The fourth-order valence-electron chi connectivity index (χ4n) is 2.36. The summed E-state index contributed by atoms with van der Waals surface area (Å²) in [5.41, 5.74) is 0.857. The maximum Gasteiger partial charge on any atom is 0.287 e. The van der Waals surface area contributed by atoms with Gasteiger partial charge in [0.05, 0.1) is 4.92 Å². The van der Waals surface area contributed by atoms with Crippen LogP contribution in [0.1, 0.15) is 24.8 Å². The Morgan fingerprint density at radius 2 is 2.21 bits per heavy atom. The van der Waals surface area contributed by atoms with Crippen molar-refractivity contribution in [3.05, 3.63) is 27.9 Å². The molecule has 6 heteroatoms. The number of aryl methyl sites for hydroxylation is 1. The monoisotopic (exact) mass is 264 g/mol. The number of likely N-dealkylation sites (tertiary alicyclic amines) is 1. The summed E-state index contributed by atoms with van der Waals surface area (Å²) in [5, 5.41) is 13.9. The van der Waals surface area contributed by atoms with Crippen LogP contribution in [0.5, 0.6) is 0 Å². The molecule has 0 aromatic carbocycles. The van der Waals surface area contributed by atoms with E-state index in [1.54, 1.807) is 6.07 Å². The first-order valence-electron chi connectivity index (χ1n) is 6.74. The summed E-state index contributed by atoms with van der Waals surface area (Å²) in [6.07, 6.45) is 5.00. The number of pyridine rings is 1. The molecule has 0 atom stereocenters. The highest BCUT2D eigenvalue weighted by Crippen LogP contribution is 2.17. The molecular weight excluding hydrogens is 244 g/mol. The van der Waals surface area contributed by atoms with Gasteiger partial charge in [-0.2, -0.15) is 0 Å². The van der Waals surface area contributed by atoms with Crippen molar-refractivity contribution in [2.45, 2.75) is 26.2 Å². The Hall–Kier alpha value is -1.69. The molecule has 0 radical (unpaired) electrons. The van der Waals surface area contributed by atoms with Crippen molar-refractivity contribution in [3.63, 3.8) is 0 Å². The van der Waals surface area contributed by atoms with Crippen LogP contribution in [-0.2, 0) is 0 Å². The number of nitro groups is 1. The van der Waals surface area contributed by atoms with Gasteiger partial charge in [-0.05, 0) is 51.4 Å². The molecule has 1 aliphatic heterocycles. The summed E-state index contributed by atoms with van der Waals surface area (Å²) in [6, 6.07) is 1.55. The predicted molar refractivity (Wildman–Crippen MR) is 74.4 cm³/mol. The first-order valence-corrected chi connectivity index (χ1v) is 6.74. The summed E-state index contributed by atoms with van der Waals surface area (Å²) in [7, 11) is 0. The molecule has 1 saturated heterocycles. The van der Waals surface area contributed by atoms with Crippen LogP contribution in [0.4, 0.5) is 11.5 Å².